The second-order valence-corrected chi connectivity index (χ2v) is 5.08. The zero-order valence-corrected chi connectivity index (χ0v) is 11.5. The molecule has 0 saturated heterocycles. The Morgan fingerprint density at radius 3 is 2.42 bits per heavy atom. The second kappa shape index (κ2) is 5.67. The van der Waals surface area contributed by atoms with E-state index in [-0.39, 0.29) is 12.2 Å². The lowest BCUT2D eigenvalue weighted by Crippen LogP contribution is -2.06. The monoisotopic (exact) mass is 327 g/mol. The quantitative estimate of drug-likeness (QED) is 0.846. The first kappa shape index (κ1) is 14.0. The van der Waals surface area contributed by atoms with Gasteiger partial charge in [-0.25, -0.2) is 8.78 Å². The molecule has 0 bridgehead atoms. The third-order valence-electron chi connectivity index (χ3n) is 2.84. The summed E-state index contributed by atoms with van der Waals surface area (Å²) in [6.45, 7) is 0. The fourth-order valence-corrected chi connectivity index (χ4v) is 2.35. The minimum atomic E-state index is -0.947. The van der Waals surface area contributed by atoms with Crippen LogP contribution >= 0.6 is 15.9 Å². The smallest absolute Gasteiger partial charge is 0.124 e. The van der Waals surface area contributed by atoms with Crippen molar-refractivity contribution in [1.29, 1.82) is 0 Å². The summed E-state index contributed by atoms with van der Waals surface area (Å²) in [6, 6.07) is 8.04. The predicted octanol–water partition coefficient (Wildman–Crippen LogP) is 3.59. The molecule has 1 atom stereocenters. The number of hydrogen-bond acceptors (Lipinski definition) is 2. The van der Waals surface area contributed by atoms with Crippen molar-refractivity contribution in [2.45, 2.75) is 12.5 Å². The Kier molecular flexibility index (Phi) is 4.17. The molecule has 2 aromatic rings. The summed E-state index contributed by atoms with van der Waals surface area (Å²) in [6.07, 6.45) is -0.730. The van der Waals surface area contributed by atoms with Crippen LogP contribution in [0.5, 0.6) is 0 Å². The van der Waals surface area contributed by atoms with Gasteiger partial charge in [0, 0.05) is 22.1 Å². The SMILES string of the molecule is Nc1ccc(F)cc1C(O)Cc1ccc(F)cc1Br. The highest BCUT2D eigenvalue weighted by Crippen LogP contribution is 2.28. The molecule has 0 saturated carbocycles. The Balaban J connectivity index is 2.25. The van der Waals surface area contributed by atoms with Crippen LogP contribution in [0.15, 0.2) is 40.9 Å². The summed E-state index contributed by atoms with van der Waals surface area (Å²) in [5, 5.41) is 10.1. The van der Waals surface area contributed by atoms with Crippen LogP contribution in [0.4, 0.5) is 14.5 Å². The zero-order valence-electron chi connectivity index (χ0n) is 9.91. The van der Waals surface area contributed by atoms with Crippen molar-refractivity contribution in [3.05, 3.63) is 63.6 Å². The summed E-state index contributed by atoms with van der Waals surface area (Å²) >= 11 is 3.22. The van der Waals surface area contributed by atoms with E-state index in [0.29, 0.717) is 15.7 Å². The third-order valence-corrected chi connectivity index (χ3v) is 3.57. The molecule has 0 aromatic heterocycles. The van der Waals surface area contributed by atoms with Gasteiger partial charge in [0.25, 0.3) is 0 Å². The molecule has 2 rings (SSSR count). The van der Waals surface area contributed by atoms with Crippen LogP contribution in [0, 0.1) is 11.6 Å². The van der Waals surface area contributed by atoms with Crippen molar-refractivity contribution < 1.29 is 13.9 Å². The van der Waals surface area contributed by atoms with Crippen LogP contribution in [-0.4, -0.2) is 5.11 Å². The van der Waals surface area contributed by atoms with E-state index in [1.807, 2.05) is 0 Å². The van der Waals surface area contributed by atoms with E-state index in [1.54, 1.807) is 6.07 Å². The Morgan fingerprint density at radius 2 is 1.74 bits per heavy atom. The van der Waals surface area contributed by atoms with Crippen molar-refractivity contribution >= 4 is 21.6 Å². The number of halogens is 3. The summed E-state index contributed by atoms with van der Waals surface area (Å²) in [5.41, 5.74) is 7.08. The van der Waals surface area contributed by atoms with Gasteiger partial charge in [0.15, 0.2) is 0 Å². The maximum Gasteiger partial charge on any atom is 0.124 e. The van der Waals surface area contributed by atoms with Gasteiger partial charge < -0.3 is 10.8 Å². The molecule has 0 fully saturated rings. The molecule has 2 aromatic carbocycles. The van der Waals surface area contributed by atoms with Crippen molar-refractivity contribution in [1.82, 2.24) is 0 Å². The maximum absolute atomic E-state index is 13.2. The standard InChI is InChI=1S/C14H12BrF2NO/c15-12-7-10(17)2-1-8(12)5-14(19)11-6-9(16)3-4-13(11)18/h1-4,6-7,14,19H,5,18H2. The van der Waals surface area contributed by atoms with Gasteiger partial charge in [0.05, 0.1) is 6.10 Å². The predicted molar refractivity (Wildman–Crippen MR) is 73.6 cm³/mol. The van der Waals surface area contributed by atoms with Gasteiger partial charge in [-0.3, -0.25) is 0 Å². The molecule has 0 heterocycles. The van der Waals surface area contributed by atoms with Crippen LogP contribution in [0.1, 0.15) is 17.2 Å². The van der Waals surface area contributed by atoms with E-state index >= 15 is 0 Å². The first-order chi connectivity index (χ1) is 8.97. The van der Waals surface area contributed by atoms with Crippen LogP contribution in [-0.2, 0) is 6.42 Å². The van der Waals surface area contributed by atoms with Gasteiger partial charge in [-0.15, -0.1) is 0 Å². The lowest BCUT2D eigenvalue weighted by molar-refractivity contribution is 0.178. The Morgan fingerprint density at radius 1 is 1.11 bits per heavy atom. The van der Waals surface area contributed by atoms with Crippen molar-refractivity contribution in [2.75, 3.05) is 5.73 Å². The van der Waals surface area contributed by atoms with E-state index < -0.39 is 11.9 Å². The molecule has 19 heavy (non-hydrogen) atoms. The largest absolute Gasteiger partial charge is 0.398 e. The number of aliphatic hydroxyl groups excluding tert-OH is 1. The number of nitrogen functional groups attached to an aromatic ring is 1. The van der Waals surface area contributed by atoms with Crippen molar-refractivity contribution in [3.63, 3.8) is 0 Å². The van der Waals surface area contributed by atoms with Gasteiger partial charge in [0.1, 0.15) is 11.6 Å². The highest BCUT2D eigenvalue weighted by Gasteiger charge is 2.14. The number of rotatable bonds is 3. The fourth-order valence-electron chi connectivity index (χ4n) is 1.84. The highest BCUT2D eigenvalue weighted by molar-refractivity contribution is 9.10. The number of hydrogen-bond donors (Lipinski definition) is 2. The maximum atomic E-state index is 13.2. The fraction of sp³-hybridized carbons (Fsp3) is 0.143. The first-order valence-electron chi connectivity index (χ1n) is 5.64. The Labute approximate surface area is 118 Å². The molecule has 0 aliphatic carbocycles. The number of anilines is 1. The van der Waals surface area contributed by atoms with Crippen LogP contribution in [0.2, 0.25) is 0 Å². The summed E-state index contributed by atoms with van der Waals surface area (Å²) in [4.78, 5) is 0. The molecular weight excluding hydrogens is 316 g/mol. The molecule has 5 heteroatoms. The zero-order chi connectivity index (χ0) is 14.0. The Hall–Kier alpha value is -1.46. The number of nitrogens with two attached hydrogens (primary N) is 1. The number of aliphatic hydroxyl groups is 1. The third kappa shape index (κ3) is 3.30. The molecule has 0 amide bonds. The molecule has 0 radical (unpaired) electrons. The van der Waals surface area contributed by atoms with Crippen molar-refractivity contribution in [3.8, 4) is 0 Å². The van der Waals surface area contributed by atoms with E-state index in [9.17, 15) is 13.9 Å². The molecule has 2 nitrogen and oxygen atoms in total. The van der Waals surface area contributed by atoms with Gasteiger partial charge in [-0.1, -0.05) is 22.0 Å². The summed E-state index contributed by atoms with van der Waals surface area (Å²) < 4.78 is 26.7. The van der Waals surface area contributed by atoms with Crippen LogP contribution in [0.25, 0.3) is 0 Å². The van der Waals surface area contributed by atoms with Crippen molar-refractivity contribution in [2.24, 2.45) is 0 Å². The lowest BCUT2D eigenvalue weighted by atomic mass is 10.00. The van der Waals surface area contributed by atoms with E-state index in [1.165, 1.54) is 30.3 Å². The average molecular weight is 328 g/mol. The molecular formula is C14H12BrF2NO. The highest BCUT2D eigenvalue weighted by atomic mass is 79.9. The first-order valence-corrected chi connectivity index (χ1v) is 6.43. The molecule has 1 unspecified atom stereocenters. The van der Waals surface area contributed by atoms with E-state index in [4.69, 9.17) is 5.73 Å². The van der Waals surface area contributed by atoms with E-state index in [0.717, 1.165) is 5.56 Å². The minimum absolute atomic E-state index is 0.217. The van der Waals surface area contributed by atoms with Gasteiger partial charge in [-0.2, -0.15) is 0 Å². The van der Waals surface area contributed by atoms with Crippen LogP contribution in [0.3, 0.4) is 0 Å². The summed E-state index contributed by atoms with van der Waals surface area (Å²) in [5.74, 6) is -0.822. The van der Waals surface area contributed by atoms with Gasteiger partial charge in [-0.05, 0) is 35.9 Å². The normalized spacial score (nSPS) is 12.4. The summed E-state index contributed by atoms with van der Waals surface area (Å²) in [7, 11) is 0. The minimum Gasteiger partial charge on any atom is -0.398 e. The molecule has 100 valence electrons. The Bertz CT molecular complexity index is 604. The second-order valence-electron chi connectivity index (χ2n) is 4.23. The molecule has 3 N–H and O–H groups in total. The van der Waals surface area contributed by atoms with Gasteiger partial charge >= 0.3 is 0 Å². The molecule has 0 aliphatic rings. The van der Waals surface area contributed by atoms with Crippen LogP contribution < -0.4 is 5.73 Å². The van der Waals surface area contributed by atoms with E-state index in [2.05, 4.69) is 15.9 Å². The topological polar surface area (TPSA) is 46.2 Å². The lowest BCUT2D eigenvalue weighted by Gasteiger charge is -2.14. The molecule has 0 aliphatic heterocycles. The average Bonchev–Trinajstić information content (AvgIpc) is 2.35. The molecule has 0 spiro atoms. The number of benzene rings is 2. The van der Waals surface area contributed by atoms with Gasteiger partial charge in [0.2, 0.25) is 0 Å².